The molecule has 10 nitrogen and oxygen atoms in total. The molecule has 0 saturated carbocycles. The van der Waals surface area contributed by atoms with Crippen LogP contribution in [0.1, 0.15) is 43.7 Å². The average molecular weight is 677 g/mol. The second-order valence-corrected chi connectivity index (χ2v) is 15.0. The summed E-state index contributed by atoms with van der Waals surface area (Å²) >= 11 is 0. The third-order valence-electron chi connectivity index (χ3n) is 7.66. The molecule has 1 fully saturated rings. The van der Waals surface area contributed by atoms with E-state index in [4.69, 9.17) is 4.74 Å². The lowest BCUT2D eigenvalue weighted by Gasteiger charge is -2.32. The second kappa shape index (κ2) is 12.5. The maximum absolute atomic E-state index is 13.6. The largest absolute Gasteiger partial charge is 0.478 e. The summed E-state index contributed by atoms with van der Waals surface area (Å²) in [4.78, 5) is 12.6. The summed E-state index contributed by atoms with van der Waals surface area (Å²) in [5, 5.41) is 6.64. The lowest BCUT2D eigenvalue weighted by atomic mass is 9.91. The number of rotatable bonds is 9. The number of piperidine rings is 1. The van der Waals surface area contributed by atoms with Crippen molar-refractivity contribution in [3.8, 4) is 16.9 Å². The van der Waals surface area contributed by atoms with Crippen LogP contribution >= 0.6 is 0 Å². The van der Waals surface area contributed by atoms with Crippen LogP contribution in [0.5, 0.6) is 5.75 Å². The van der Waals surface area contributed by atoms with Crippen LogP contribution in [-0.4, -0.2) is 55.9 Å². The van der Waals surface area contributed by atoms with Crippen molar-refractivity contribution in [3.05, 3.63) is 96.3 Å². The zero-order valence-electron chi connectivity index (χ0n) is 24.8. The molecule has 0 aliphatic carbocycles. The van der Waals surface area contributed by atoms with Crippen molar-refractivity contribution in [2.45, 2.75) is 54.2 Å². The van der Waals surface area contributed by atoms with Crippen LogP contribution in [0.15, 0.2) is 95.0 Å². The highest BCUT2D eigenvalue weighted by Crippen LogP contribution is 2.34. The van der Waals surface area contributed by atoms with Gasteiger partial charge in [-0.1, -0.05) is 24.3 Å². The van der Waals surface area contributed by atoms with Crippen LogP contribution in [0.4, 0.5) is 13.2 Å². The predicted molar refractivity (Wildman–Crippen MR) is 163 cm³/mol. The standard InChI is InChI=1S/C31H31F3N4O6S2/c1-30(2,29(39)37-45(40,41)27-13-11-25(12-14-27)31(32,33)34)44-26-9-3-6-21(16-26)23-8-5-15-38(20-23)46(42,43)28-10-4-7-22(17-28)24-18-35-36-19-24/h3-4,6-7,9-14,16-19,23H,5,8,15,20H2,1-2H3,(H,35,36)(H,37,39). The van der Waals surface area contributed by atoms with Crippen LogP contribution in [-0.2, 0) is 31.0 Å². The molecule has 2 N–H and O–H groups in total. The molecule has 3 aromatic carbocycles. The fourth-order valence-electron chi connectivity index (χ4n) is 5.13. The topological polar surface area (TPSA) is 139 Å². The molecule has 46 heavy (non-hydrogen) atoms. The number of amides is 1. The Labute approximate surface area is 264 Å². The minimum atomic E-state index is -4.65. The smallest absolute Gasteiger partial charge is 0.416 e. The van der Waals surface area contributed by atoms with Crippen molar-refractivity contribution in [1.82, 2.24) is 19.2 Å². The minimum Gasteiger partial charge on any atom is -0.478 e. The number of carbonyl (C=O) groups excluding carboxylic acids is 1. The summed E-state index contributed by atoms with van der Waals surface area (Å²) in [7, 11) is -8.31. The van der Waals surface area contributed by atoms with Gasteiger partial charge in [0.25, 0.3) is 15.9 Å². The van der Waals surface area contributed by atoms with Crippen molar-refractivity contribution < 1.29 is 39.5 Å². The zero-order valence-corrected chi connectivity index (χ0v) is 26.4. The molecule has 0 radical (unpaired) electrons. The van der Waals surface area contributed by atoms with E-state index in [-0.39, 0.29) is 23.1 Å². The molecule has 0 bridgehead atoms. The van der Waals surface area contributed by atoms with Crippen molar-refractivity contribution in [2.24, 2.45) is 0 Å². The number of nitrogens with one attached hydrogen (secondary N) is 2. The maximum atomic E-state index is 13.6. The van der Waals surface area contributed by atoms with E-state index in [2.05, 4.69) is 10.2 Å². The highest BCUT2D eigenvalue weighted by molar-refractivity contribution is 7.90. The van der Waals surface area contributed by atoms with Crippen molar-refractivity contribution in [1.29, 1.82) is 0 Å². The molecule has 1 aliphatic rings. The monoisotopic (exact) mass is 676 g/mol. The van der Waals surface area contributed by atoms with Crippen LogP contribution in [0.3, 0.4) is 0 Å². The number of nitrogens with zero attached hydrogens (tertiary/aromatic N) is 2. The van der Waals surface area contributed by atoms with E-state index in [1.54, 1.807) is 54.9 Å². The van der Waals surface area contributed by atoms with Crippen LogP contribution < -0.4 is 9.46 Å². The summed E-state index contributed by atoms with van der Waals surface area (Å²) in [6.07, 6.45) is -0.0271. The number of hydrogen-bond acceptors (Lipinski definition) is 7. The van der Waals surface area contributed by atoms with E-state index in [0.29, 0.717) is 37.1 Å². The molecule has 15 heteroatoms. The highest BCUT2D eigenvalue weighted by atomic mass is 32.2. The van der Waals surface area contributed by atoms with Gasteiger partial charge in [0, 0.05) is 24.8 Å². The van der Waals surface area contributed by atoms with E-state index in [1.807, 2.05) is 10.8 Å². The number of ether oxygens (including phenoxy) is 1. The van der Waals surface area contributed by atoms with Gasteiger partial charge >= 0.3 is 6.18 Å². The molecular formula is C31H31F3N4O6S2. The fraction of sp³-hybridized carbons (Fsp3) is 0.290. The summed E-state index contributed by atoms with van der Waals surface area (Å²) in [6.45, 7) is 3.27. The molecule has 2 heterocycles. The number of aromatic amines is 1. The normalized spacial score (nSPS) is 16.6. The van der Waals surface area contributed by atoms with Gasteiger partial charge in [-0.05, 0) is 92.3 Å². The van der Waals surface area contributed by atoms with Gasteiger partial charge in [-0.2, -0.15) is 22.6 Å². The van der Waals surface area contributed by atoms with Gasteiger partial charge in [0.15, 0.2) is 5.60 Å². The number of carbonyl (C=O) groups is 1. The molecule has 5 rings (SSSR count). The van der Waals surface area contributed by atoms with Crippen LogP contribution in [0, 0.1) is 0 Å². The molecule has 1 saturated heterocycles. The third kappa shape index (κ3) is 7.26. The number of H-pyrrole nitrogens is 1. The van der Waals surface area contributed by atoms with E-state index < -0.39 is 48.2 Å². The van der Waals surface area contributed by atoms with Gasteiger partial charge in [-0.25, -0.2) is 21.6 Å². The lowest BCUT2D eigenvalue weighted by molar-refractivity contribution is -0.137. The molecule has 1 amide bonds. The fourth-order valence-corrected chi connectivity index (χ4v) is 7.80. The number of sulfonamides is 2. The Bertz CT molecular complexity index is 1930. The van der Waals surface area contributed by atoms with Gasteiger partial charge in [0.1, 0.15) is 5.75 Å². The Morgan fingerprint density at radius 2 is 1.67 bits per heavy atom. The molecule has 1 aromatic heterocycles. The minimum absolute atomic E-state index is 0.169. The summed E-state index contributed by atoms with van der Waals surface area (Å²) in [5.41, 5.74) is -0.483. The van der Waals surface area contributed by atoms with E-state index >= 15 is 0 Å². The molecule has 1 atom stereocenters. The second-order valence-electron chi connectivity index (χ2n) is 11.4. The van der Waals surface area contributed by atoms with Crippen LogP contribution in [0.25, 0.3) is 11.1 Å². The van der Waals surface area contributed by atoms with Gasteiger partial charge in [0.2, 0.25) is 10.0 Å². The number of alkyl halides is 3. The number of halogens is 3. The van der Waals surface area contributed by atoms with Crippen LogP contribution in [0.2, 0.25) is 0 Å². The molecule has 4 aromatic rings. The lowest BCUT2D eigenvalue weighted by Crippen LogP contribution is -2.48. The average Bonchev–Trinajstić information content (AvgIpc) is 3.56. The third-order valence-corrected chi connectivity index (χ3v) is 10.9. The zero-order chi connectivity index (χ0) is 33.3. The number of hydrogen-bond donors (Lipinski definition) is 2. The Hall–Kier alpha value is -4.21. The maximum Gasteiger partial charge on any atom is 0.416 e. The molecule has 1 unspecified atom stereocenters. The quantitative estimate of drug-likeness (QED) is 0.245. The Kier molecular flexibility index (Phi) is 9.03. The Morgan fingerprint density at radius 1 is 0.957 bits per heavy atom. The first-order valence-electron chi connectivity index (χ1n) is 14.2. The Balaban J connectivity index is 1.27. The summed E-state index contributed by atoms with van der Waals surface area (Å²) < 4.78 is 101. The first kappa shape index (κ1) is 33.2. The van der Waals surface area contributed by atoms with Gasteiger partial charge in [-0.15, -0.1) is 0 Å². The van der Waals surface area contributed by atoms with E-state index in [9.17, 15) is 34.8 Å². The molecule has 0 spiro atoms. The van der Waals surface area contributed by atoms with Gasteiger partial charge in [0.05, 0.1) is 21.6 Å². The van der Waals surface area contributed by atoms with Crippen molar-refractivity contribution in [3.63, 3.8) is 0 Å². The molecule has 1 aliphatic heterocycles. The van der Waals surface area contributed by atoms with Gasteiger partial charge < -0.3 is 4.74 Å². The predicted octanol–water partition coefficient (Wildman–Crippen LogP) is 5.33. The van der Waals surface area contributed by atoms with E-state index in [0.717, 1.165) is 23.3 Å². The molecule has 244 valence electrons. The molecular weight excluding hydrogens is 645 g/mol. The SMILES string of the molecule is CC(C)(Oc1cccc(C2CCCN(S(=O)(=O)c3cccc(-c4cn[nH]c4)c3)C2)c1)C(=O)NS(=O)(=O)c1ccc(C(F)(F)F)cc1. The summed E-state index contributed by atoms with van der Waals surface area (Å²) in [6, 6.07) is 16.2. The Morgan fingerprint density at radius 3 is 2.35 bits per heavy atom. The van der Waals surface area contributed by atoms with Crippen molar-refractivity contribution in [2.75, 3.05) is 13.1 Å². The number of benzene rings is 3. The first-order chi connectivity index (χ1) is 21.6. The number of aromatic nitrogens is 2. The summed E-state index contributed by atoms with van der Waals surface area (Å²) in [5.74, 6) is -0.969. The van der Waals surface area contributed by atoms with Gasteiger partial charge in [-0.3, -0.25) is 9.89 Å². The highest BCUT2D eigenvalue weighted by Gasteiger charge is 2.36. The van der Waals surface area contributed by atoms with E-state index in [1.165, 1.54) is 18.2 Å². The van der Waals surface area contributed by atoms with Crippen molar-refractivity contribution >= 4 is 26.0 Å². The first-order valence-corrected chi connectivity index (χ1v) is 17.1.